The van der Waals surface area contributed by atoms with Crippen molar-refractivity contribution >= 4 is 11.6 Å². The molecule has 2 heterocycles. The van der Waals surface area contributed by atoms with Crippen molar-refractivity contribution in [2.24, 2.45) is 0 Å². The van der Waals surface area contributed by atoms with Crippen molar-refractivity contribution < 1.29 is 4.74 Å². The maximum atomic E-state index is 5.68. The second-order valence-corrected chi connectivity index (χ2v) is 3.42. The van der Waals surface area contributed by atoms with Crippen LogP contribution in [0.2, 0.25) is 5.15 Å². The van der Waals surface area contributed by atoms with Gasteiger partial charge in [0.25, 0.3) is 0 Å². The molecule has 2 rings (SSSR count). The Morgan fingerprint density at radius 3 is 2.81 bits per heavy atom. The highest BCUT2D eigenvalue weighted by Crippen LogP contribution is 2.25. The van der Waals surface area contributed by atoms with Crippen LogP contribution in [0.15, 0.2) is 30.5 Å². The summed E-state index contributed by atoms with van der Waals surface area (Å²) in [4.78, 5) is 4.14. The summed E-state index contributed by atoms with van der Waals surface area (Å²) < 4.78 is 5.41. The van der Waals surface area contributed by atoms with E-state index in [4.69, 9.17) is 16.3 Å². The van der Waals surface area contributed by atoms with Gasteiger partial charge in [-0.05, 0) is 31.2 Å². The molecule has 16 heavy (non-hydrogen) atoms. The van der Waals surface area contributed by atoms with Gasteiger partial charge in [-0.1, -0.05) is 11.6 Å². The Balaban J connectivity index is 2.42. The molecule has 0 saturated carbocycles. The first-order valence-corrected chi connectivity index (χ1v) is 5.26. The molecule has 0 saturated heterocycles. The van der Waals surface area contributed by atoms with E-state index in [2.05, 4.69) is 15.2 Å². The standard InChI is InChI=1S/C11H10ClN3O/c1-2-16-11-8(4-3-7-13-11)9-5-6-10(12)15-14-9/h3-7H,2H2,1H3. The molecule has 0 aliphatic heterocycles. The molecule has 82 valence electrons. The zero-order valence-corrected chi connectivity index (χ0v) is 9.48. The van der Waals surface area contributed by atoms with Crippen molar-refractivity contribution in [2.45, 2.75) is 6.92 Å². The average molecular weight is 236 g/mol. The van der Waals surface area contributed by atoms with Crippen LogP contribution in [-0.4, -0.2) is 21.8 Å². The lowest BCUT2D eigenvalue weighted by molar-refractivity contribution is 0.328. The Kier molecular flexibility index (Phi) is 3.31. The Hall–Kier alpha value is -1.68. The molecule has 0 fully saturated rings. The van der Waals surface area contributed by atoms with E-state index < -0.39 is 0 Å². The fourth-order valence-corrected chi connectivity index (χ4v) is 1.40. The number of nitrogens with zero attached hydrogens (tertiary/aromatic N) is 3. The van der Waals surface area contributed by atoms with Crippen LogP contribution in [0.3, 0.4) is 0 Å². The summed E-state index contributed by atoms with van der Waals surface area (Å²) in [5.41, 5.74) is 1.51. The topological polar surface area (TPSA) is 47.9 Å². The van der Waals surface area contributed by atoms with Crippen molar-refractivity contribution in [3.63, 3.8) is 0 Å². The third-order valence-corrected chi connectivity index (χ3v) is 2.16. The highest BCUT2D eigenvalue weighted by Gasteiger charge is 2.08. The van der Waals surface area contributed by atoms with Crippen molar-refractivity contribution in [1.29, 1.82) is 0 Å². The minimum Gasteiger partial charge on any atom is -0.477 e. The number of hydrogen-bond acceptors (Lipinski definition) is 4. The number of hydrogen-bond donors (Lipinski definition) is 0. The molecule has 2 aromatic rings. The van der Waals surface area contributed by atoms with Gasteiger partial charge in [0.05, 0.1) is 17.9 Å². The molecule has 0 aliphatic carbocycles. The Morgan fingerprint density at radius 1 is 1.25 bits per heavy atom. The van der Waals surface area contributed by atoms with Crippen molar-refractivity contribution in [3.8, 4) is 17.1 Å². The van der Waals surface area contributed by atoms with Crippen molar-refractivity contribution in [3.05, 3.63) is 35.6 Å². The van der Waals surface area contributed by atoms with Crippen molar-refractivity contribution in [2.75, 3.05) is 6.61 Å². The van der Waals surface area contributed by atoms with Gasteiger partial charge >= 0.3 is 0 Å². The molecule has 0 radical (unpaired) electrons. The lowest BCUT2D eigenvalue weighted by Gasteiger charge is -2.07. The predicted octanol–water partition coefficient (Wildman–Crippen LogP) is 2.59. The largest absolute Gasteiger partial charge is 0.477 e. The number of aromatic nitrogens is 3. The molecule has 4 nitrogen and oxygen atoms in total. The van der Waals surface area contributed by atoms with E-state index in [-0.39, 0.29) is 0 Å². The Labute approximate surface area is 98.3 Å². The van der Waals surface area contributed by atoms with Crippen LogP contribution >= 0.6 is 11.6 Å². The highest BCUT2D eigenvalue weighted by molar-refractivity contribution is 6.29. The first-order valence-electron chi connectivity index (χ1n) is 4.88. The van der Waals surface area contributed by atoms with Crippen LogP contribution in [0.5, 0.6) is 5.88 Å². The third kappa shape index (κ3) is 2.28. The SMILES string of the molecule is CCOc1ncccc1-c1ccc(Cl)nn1. The van der Waals surface area contributed by atoms with Gasteiger partial charge in [0, 0.05) is 6.20 Å². The molecular formula is C11H10ClN3O. The van der Waals surface area contributed by atoms with Crippen LogP contribution in [0.4, 0.5) is 0 Å². The molecule has 0 atom stereocenters. The van der Waals surface area contributed by atoms with Gasteiger partial charge in [0.2, 0.25) is 5.88 Å². The molecular weight excluding hydrogens is 226 g/mol. The van der Waals surface area contributed by atoms with Crippen LogP contribution in [0.25, 0.3) is 11.3 Å². The normalized spacial score (nSPS) is 10.1. The summed E-state index contributed by atoms with van der Waals surface area (Å²) in [7, 11) is 0. The minimum atomic E-state index is 0.366. The van der Waals surface area contributed by atoms with Crippen LogP contribution in [-0.2, 0) is 0 Å². The molecule has 2 aromatic heterocycles. The van der Waals surface area contributed by atoms with E-state index in [9.17, 15) is 0 Å². The average Bonchev–Trinajstić information content (AvgIpc) is 2.32. The van der Waals surface area contributed by atoms with Gasteiger partial charge in [0.15, 0.2) is 5.15 Å². The van der Waals surface area contributed by atoms with Crippen LogP contribution < -0.4 is 4.74 Å². The Morgan fingerprint density at radius 2 is 2.12 bits per heavy atom. The maximum Gasteiger partial charge on any atom is 0.222 e. The van der Waals surface area contributed by atoms with E-state index in [1.165, 1.54) is 0 Å². The van der Waals surface area contributed by atoms with Gasteiger partial charge in [-0.25, -0.2) is 4.98 Å². The molecule has 5 heteroatoms. The summed E-state index contributed by atoms with van der Waals surface area (Å²) in [5, 5.41) is 8.14. The molecule has 0 aliphatic rings. The summed E-state index contributed by atoms with van der Waals surface area (Å²) >= 11 is 5.68. The predicted molar refractivity (Wildman–Crippen MR) is 61.4 cm³/mol. The van der Waals surface area contributed by atoms with E-state index in [1.807, 2.05) is 19.1 Å². The molecule has 0 spiro atoms. The summed E-state index contributed by atoms with van der Waals surface area (Å²) in [6.07, 6.45) is 1.68. The van der Waals surface area contributed by atoms with Gasteiger partial charge in [-0.3, -0.25) is 0 Å². The molecule has 0 N–H and O–H groups in total. The van der Waals surface area contributed by atoms with Gasteiger partial charge in [0.1, 0.15) is 0 Å². The minimum absolute atomic E-state index is 0.366. The van der Waals surface area contributed by atoms with Gasteiger partial charge in [-0.2, -0.15) is 0 Å². The van der Waals surface area contributed by atoms with E-state index in [1.54, 1.807) is 18.3 Å². The fourth-order valence-electron chi connectivity index (χ4n) is 1.30. The van der Waals surface area contributed by atoms with Crippen LogP contribution in [0.1, 0.15) is 6.92 Å². The second kappa shape index (κ2) is 4.90. The summed E-state index contributed by atoms with van der Waals surface area (Å²) in [6, 6.07) is 7.19. The smallest absolute Gasteiger partial charge is 0.222 e. The Bertz CT molecular complexity index is 473. The number of ether oxygens (including phenoxy) is 1. The van der Waals surface area contributed by atoms with Crippen molar-refractivity contribution in [1.82, 2.24) is 15.2 Å². The van der Waals surface area contributed by atoms with E-state index in [0.29, 0.717) is 23.3 Å². The third-order valence-electron chi connectivity index (χ3n) is 1.96. The van der Waals surface area contributed by atoms with Gasteiger partial charge in [-0.15, -0.1) is 10.2 Å². The summed E-state index contributed by atoms with van der Waals surface area (Å²) in [5.74, 6) is 0.557. The zero-order valence-electron chi connectivity index (χ0n) is 8.72. The lowest BCUT2D eigenvalue weighted by Crippen LogP contribution is -1.97. The second-order valence-electron chi connectivity index (χ2n) is 3.03. The van der Waals surface area contributed by atoms with E-state index >= 15 is 0 Å². The zero-order chi connectivity index (χ0) is 11.4. The van der Waals surface area contributed by atoms with E-state index in [0.717, 1.165) is 5.56 Å². The molecule has 0 amide bonds. The lowest BCUT2D eigenvalue weighted by atomic mass is 10.2. The molecule has 0 aromatic carbocycles. The van der Waals surface area contributed by atoms with Crippen LogP contribution in [0, 0.1) is 0 Å². The first-order chi connectivity index (χ1) is 7.81. The fraction of sp³-hybridized carbons (Fsp3) is 0.182. The van der Waals surface area contributed by atoms with Gasteiger partial charge < -0.3 is 4.74 Å². The first kappa shape index (κ1) is 10.8. The number of halogens is 1. The monoisotopic (exact) mass is 235 g/mol. The maximum absolute atomic E-state index is 5.68. The molecule has 0 unspecified atom stereocenters. The number of pyridine rings is 1. The molecule has 0 bridgehead atoms. The summed E-state index contributed by atoms with van der Waals surface area (Å²) in [6.45, 7) is 2.47. The highest BCUT2D eigenvalue weighted by atomic mass is 35.5. The number of rotatable bonds is 3. The quantitative estimate of drug-likeness (QED) is 0.821.